The van der Waals surface area contributed by atoms with Crippen LogP contribution in [0.15, 0.2) is 79.1 Å². The third-order valence-corrected chi connectivity index (χ3v) is 4.32. The summed E-state index contributed by atoms with van der Waals surface area (Å²) in [6.07, 6.45) is 4.83. The Morgan fingerprint density at radius 3 is 2.16 bits per heavy atom. The number of benzene rings is 2. The van der Waals surface area contributed by atoms with E-state index < -0.39 is 0 Å². The Bertz CT molecular complexity index is 824. The maximum Gasteiger partial charge on any atom is 0.293 e. The van der Waals surface area contributed by atoms with Gasteiger partial charge in [0.25, 0.3) is 5.91 Å². The van der Waals surface area contributed by atoms with E-state index in [0.29, 0.717) is 0 Å². The molecule has 1 atom stereocenters. The smallest absolute Gasteiger partial charge is 0.293 e. The second-order valence-corrected chi connectivity index (χ2v) is 6.35. The lowest BCUT2D eigenvalue weighted by atomic mass is 10.1. The Labute approximate surface area is 149 Å². The first-order valence-corrected chi connectivity index (χ1v) is 8.53. The Balaban J connectivity index is 1.64. The number of nitrogens with zero attached hydrogens (tertiary/aromatic N) is 1. The highest BCUT2D eigenvalue weighted by Gasteiger charge is 2.21. The zero-order valence-electron chi connectivity index (χ0n) is 14.6. The summed E-state index contributed by atoms with van der Waals surface area (Å²) in [5.74, 6) is -0.0235. The third-order valence-electron chi connectivity index (χ3n) is 4.32. The number of aryl methyl sites for hydroxylation is 1. The van der Waals surface area contributed by atoms with Crippen molar-refractivity contribution in [1.82, 2.24) is 0 Å². The number of pyridine rings is 1. The number of hydrogen-bond acceptors (Lipinski definition) is 1. The Morgan fingerprint density at radius 2 is 1.52 bits per heavy atom. The van der Waals surface area contributed by atoms with Crippen LogP contribution in [-0.4, -0.2) is 5.91 Å². The number of aromatic nitrogens is 1. The minimum Gasteiger partial charge on any atom is -0.320 e. The molecule has 0 bridgehead atoms. The number of carbonyl (C=O) groups is 1. The fraction of sp³-hybridized carbons (Fsp3) is 0.182. The monoisotopic (exact) mass is 331 g/mol. The van der Waals surface area contributed by atoms with Gasteiger partial charge in [-0.2, -0.15) is 4.57 Å². The molecule has 0 radical (unpaired) electrons. The SMILES string of the molecule is Cc1ccc(NC(=O)[C@H](C)[n+]2ccc(Cc3ccccc3)cc2)cc1. The van der Waals surface area contributed by atoms with E-state index >= 15 is 0 Å². The second kappa shape index (κ2) is 7.75. The minimum atomic E-state index is -0.271. The summed E-state index contributed by atoms with van der Waals surface area (Å²) in [5.41, 5.74) is 4.51. The van der Waals surface area contributed by atoms with Crippen LogP contribution in [0.25, 0.3) is 0 Å². The van der Waals surface area contributed by atoms with Gasteiger partial charge >= 0.3 is 0 Å². The summed E-state index contributed by atoms with van der Waals surface area (Å²) in [5, 5.41) is 2.96. The van der Waals surface area contributed by atoms with E-state index in [0.717, 1.165) is 12.1 Å². The normalized spacial score (nSPS) is 11.8. The molecule has 2 aromatic carbocycles. The highest BCUT2D eigenvalue weighted by molar-refractivity contribution is 5.92. The van der Waals surface area contributed by atoms with Crippen LogP contribution in [-0.2, 0) is 11.2 Å². The van der Waals surface area contributed by atoms with Crippen molar-refractivity contribution in [2.75, 3.05) is 5.32 Å². The lowest BCUT2D eigenvalue weighted by Gasteiger charge is -2.09. The lowest BCUT2D eigenvalue weighted by Crippen LogP contribution is -2.44. The van der Waals surface area contributed by atoms with Crippen molar-refractivity contribution in [2.24, 2.45) is 0 Å². The van der Waals surface area contributed by atoms with E-state index in [1.54, 1.807) is 0 Å². The zero-order valence-corrected chi connectivity index (χ0v) is 14.6. The fourth-order valence-electron chi connectivity index (χ4n) is 2.70. The maximum absolute atomic E-state index is 12.4. The summed E-state index contributed by atoms with van der Waals surface area (Å²) in [6, 6.07) is 22.1. The first-order chi connectivity index (χ1) is 12.1. The van der Waals surface area contributed by atoms with E-state index in [1.165, 1.54) is 16.7 Å². The first kappa shape index (κ1) is 16.9. The molecule has 0 spiro atoms. The van der Waals surface area contributed by atoms with E-state index in [1.807, 2.05) is 61.1 Å². The molecular formula is C22H23N2O+. The zero-order chi connectivity index (χ0) is 17.6. The van der Waals surface area contributed by atoms with Crippen molar-refractivity contribution in [3.05, 3.63) is 95.8 Å². The molecule has 1 heterocycles. The van der Waals surface area contributed by atoms with Crippen molar-refractivity contribution < 1.29 is 9.36 Å². The van der Waals surface area contributed by atoms with Crippen LogP contribution in [0.5, 0.6) is 0 Å². The van der Waals surface area contributed by atoms with Gasteiger partial charge < -0.3 is 5.32 Å². The Kier molecular flexibility index (Phi) is 5.24. The van der Waals surface area contributed by atoms with Crippen LogP contribution in [0.2, 0.25) is 0 Å². The molecule has 1 N–H and O–H groups in total. The van der Waals surface area contributed by atoms with E-state index in [2.05, 4.69) is 41.7 Å². The standard InChI is InChI=1S/C22H22N2O/c1-17-8-10-21(11-9-17)23-22(25)18(2)24-14-12-20(13-15-24)16-19-6-4-3-5-7-19/h3-15,18H,16H2,1-2H3/p+1/t18-/m0/s1. The van der Waals surface area contributed by atoms with Gasteiger partial charge in [-0.05, 0) is 36.6 Å². The largest absolute Gasteiger partial charge is 0.320 e. The highest BCUT2D eigenvalue weighted by atomic mass is 16.2. The predicted octanol–water partition coefficient (Wildman–Crippen LogP) is 4.07. The van der Waals surface area contributed by atoms with E-state index in [-0.39, 0.29) is 11.9 Å². The average Bonchev–Trinajstić information content (AvgIpc) is 2.64. The number of hydrogen-bond donors (Lipinski definition) is 1. The molecule has 3 nitrogen and oxygen atoms in total. The molecule has 0 aliphatic heterocycles. The van der Waals surface area contributed by atoms with Gasteiger partial charge in [0.1, 0.15) is 0 Å². The van der Waals surface area contributed by atoms with Crippen molar-refractivity contribution >= 4 is 11.6 Å². The number of rotatable bonds is 5. The molecule has 1 aromatic heterocycles. The van der Waals surface area contributed by atoms with Crippen molar-refractivity contribution in [1.29, 1.82) is 0 Å². The summed E-state index contributed by atoms with van der Waals surface area (Å²) in [7, 11) is 0. The molecule has 126 valence electrons. The molecule has 1 amide bonds. The van der Waals surface area contributed by atoms with E-state index in [9.17, 15) is 4.79 Å². The molecule has 0 saturated carbocycles. The third kappa shape index (κ3) is 4.54. The summed E-state index contributed by atoms with van der Waals surface area (Å²) in [6.45, 7) is 3.93. The van der Waals surface area contributed by atoms with E-state index in [4.69, 9.17) is 0 Å². The first-order valence-electron chi connectivity index (χ1n) is 8.53. The van der Waals surface area contributed by atoms with Crippen LogP contribution >= 0.6 is 0 Å². The fourth-order valence-corrected chi connectivity index (χ4v) is 2.70. The van der Waals surface area contributed by atoms with Crippen LogP contribution in [0.3, 0.4) is 0 Å². The molecule has 3 rings (SSSR count). The molecule has 0 unspecified atom stereocenters. The molecule has 0 aliphatic rings. The van der Waals surface area contributed by atoms with Crippen molar-refractivity contribution in [3.63, 3.8) is 0 Å². The quantitative estimate of drug-likeness (QED) is 0.702. The Hall–Kier alpha value is -2.94. The topological polar surface area (TPSA) is 33.0 Å². The van der Waals surface area contributed by atoms with Crippen LogP contribution in [0.1, 0.15) is 29.7 Å². The Morgan fingerprint density at radius 1 is 0.920 bits per heavy atom. The van der Waals surface area contributed by atoms with Crippen LogP contribution < -0.4 is 9.88 Å². The van der Waals surface area contributed by atoms with Gasteiger partial charge in [0.2, 0.25) is 6.04 Å². The molecule has 0 fully saturated rings. The molecular weight excluding hydrogens is 308 g/mol. The minimum absolute atomic E-state index is 0.0235. The second-order valence-electron chi connectivity index (χ2n) is 6.35. The van der Waals surface area contributed by atoms with Crippen LogP contribution in [0, 0.1) is 6.92 Å². The van der Waals surface area contributed by atoms with Gasteiger partial charge in [-0.1, -0.05) is 48.0 Å². The molecule has 25 heavy (non-hydrogen) atoms. The number of amides is 1. The number of anilines is 1. The summed E-state index contributed by atoms with van der Waals surface area (Å²) >= 11 is 0. The average molecular weight is 331 g/mol. The lowest BCUT2D eigenvalue weighted by molar-refractivity contribution is -0.705. The molecule has 0 saturated heterocycles. The van der Waals surface area contributed by atoms with Gasteiger partial charge in [0, 0.05) is 24.7 Å². The molecule has 3 aromatic rings. The van der Waals surface area contributed by atoms with Crippen molar-refractivity contribution in [3.8, 4) is 0 Å². The van der Waals surface area contributed by atoms with Gasteiger partial charge in [-0.15, -0.1) is 0 Å². The van der Waals surface area contributed by atoms with Crippen molar-refractivity contribution in [2.45, 2.75) is 26.3 Å². The number of nitrogens with one attached hydrogen (secondary N) is 1. The van der Waals surface area contributed by atoms with Gasteiger partial charge in [0.15, 0.2) is 12.4 Å². The summed E-state index contributed by atoms with van der Waals surface area (Å²) in [4.78, 5) is 12.4. The summed E-state index contributed by atoms with van der Waals surface area (Å²) < 4.78 is 1.93. The molecule has 3 heteroatoms. The molecule has 0 aliphatic carbocycles. The maximum atomic E-state index is 12.4. The van der Waals surface area contributed by atoms with Crippen LogP contribution in [0.4, 0.5) is 5.69 Å². The van der Waals surface area contributed by atoms with Gasteiger partial charge in [-0.3, -0.25) is 4.79 Å². The highest BCUT2D eigenvalue weighted by Crippen LogP contribution is 2.11. The predicted molar refractivity (Wildman–Crippen MR) is 100 cm³/mol. The van der Waals surface area contributed by atoms with Gasteiger partial charge in [0.05, 0.1) is 0 Å². The van der Waals surface area contributed by atoms with Gasteiger partial charge in [-0.25, -0.2) is 0 Å². The number of carbonyl (C=O) groups excluding carboxylic acids is 1.